The second kappa shape index (κ2) is 14.0. The van der Waals surface area contributed by atoms with Gasteiger partial charge in [-0.2, -0.15) is 0 Å². The zero-order valence-corrected chi connectivity index (χ0v) is 33.7. The summed E-state index contributed by atoms with van der Waals surface area (Å²) in [5, 5.41) is 6.59. The van der Waals surface area contributed by atoms with E-state index >= 15 is 0 Å². The molecule has 13 rings (SSSR count). The lowest BCUT2D eigenvalue weighted by atomic mass is 9.98. The number of para-hydroxylation sites is 4. The van der Waals surface area contributed by atoms with Crippen LogP contribution < -0.4 is 0 Å². The van der Waals surface area contributed by atoms with Crippen LogP contribution in [-0.2, 0) is 0 Å². The molecule has 4 aromatic heterocycles. The number of hydrogen-bond donors (Lipinski definition) is 0. The molecule has 0 amide bonds. The van der Waals surface area contributed by atoms with Gasteiger partial charge in [-0.05, 0) is 53.6 Å². The van der Waals surface area contributed by atoms with E-state index in [0.29, 0.717) is 17.5 Å². The van der Waals surface area contributed by atoms with E-state index in [1.54, 1.807) is 0 Å². The standard InChI is InChI=1S/C57H34N4O2/c1-4-15-35(16-5-1)55-58-56(36-17-6-2-7-18-36)60-57(59-55)39-20-12-19-37(33-39)41-24-13-26-44-45-27-14-25-42(53(45)63-52(41)44)38-29-30-47-49(34-38)61(40-21-8-3-9-22-40)48-32-31-46-43-23-10-11-28-50(43)62-54(46)51(47)48/h1-34H. The average Bonchev–Trinajstić information content (AvgIpc) is 4.04. The molecule has 0 spiro atoms. The van der Waals surface area contributed by atoms with Crippen molar-refractivity contribution in [1.82, 2.24) is 19.5 Å². The molecule has 0 saturated heterocycles. The molecule has 6 nitrogen and oxygen atoms in total. The number of furan rings is 2. The normalized spacial score (nSPS) is 11.8. The second-order valence-electron chi connectivity index (χ2n) is 15.9. The van der Waals surface area contributed by atoms with Crippen LogP contribution in [0.4, 0.5) is 0 Å². The Morgan fingerprint density at radius 1 is 0.317 bits per heavy atom. The Morgan fingerprint density at radius 2 is 0.825 bits per heavy atom. The first-order valence-electron chi connectivity index (χ1n) is 21.1. The van der Waals surface area contributed by atoms with Gasteiger partial charge in [0.1, 0.15) is 22.3 Å². The molecular formula is C57H34N4O2. The van der Waals surface area contributed by atoms with Gasteiger partial charge in [0.15, 0.2) is 17.5 Å². The van der Waals surface area contributed by atoms with Crippen LogP contribution in [0.25, 0.3) is 128 Å². The Hall–Kier alpha value is -8.61. The quantitative estimate of drug-likeness (QED) is 0.167. The summed E-state index contributed by atoms with van der Waals surface area (Å²) in [5.74, 6) is 1.86. The maximum Gasteiger partial charge on any atom is 0.164 e. The van der Waals surface area contributed by atoms with Crippen molar-refractivity contribution >= 4 is 65.7 Å². The van der Waals surface area contributed by atoms with Gasteiger partial charge in [0, 0.05) is 60.4 Å². The fraction of sp³-hybridized carbons (Fsp3) is 0. The second-order valence-corrected chi connectivity index (χ2v) is 15.9. The van der Waals surface area contributed by atoms with Crippen LogP contribution in [0.2, 0.25) is 0 Å². The molecule has 4 heterocycles. The van der Waals surface area contributed by atoms with Gasteiger partial charge in [0.2, 0.25) is 0 Å². The molecular weight excluding hydrogens is 773 g/mol. The predicted molar refractivity (Wildman–Crippen MR) is 256 cm³/mol. The highest BCUT2D eigenvalue weighted by atomic mass is 16.3. The Bertz CT molecular complexity index is 3850. The molecule has 9 aromatic carbocycles. The largest absolute Gasteiger partial charge is 0.455 e. The zero-order chi connectivity index (χ0) is 41.4. The number of aromatic nitrogens is 4. The van der Waals surface area contributed by atoms with E-state index in [-0.39, 0.29) is 0 Å². The van der Waals surface area contributed by atoms with Gasteiger partial charge in [-0.15, -0.1) is 0 Å². The van der Waals surface area contributed by atoms with Crippen LogP contribution in [0.15, 0.2) is 215 Å². The Morgan fingerprint density at radius 3 is 1.51 bits per heavy atom. The lowest BCUT2D eigenvalue weighted by molar-refractivity contribution is 0.671. The van der Waals surface area contributed by atoms with Gasteiger partial charge >= 0.3 is 0 Å². The van der Waals surface area contributed by atoms with Crippen molar-refractivity contribution in [2.45, 2.75) is 0 Å². The monoisotopic (exact) mass is 806 g/mol. The van der Waals surface area contributed by atoms with Crippen molar-refractivity contribution in [1.29, 1.82) is 0 Å². The third-order valence-corrected chi connectivity index (χ3v) is 12.3. The first kappa shape index (κ1) is 35.2. The predicted octanol–water partition coefficient (Wildman–Crippen LogP) is 15.1. The van der Waals surface area contributed by atoms with E-state index in [9.17, 15) is 0 Å². The number of rotatable bonds is 6. The van der Waals surface area contributed by atoms with E-state index in [1.165, 1.54) is 0 Å². The molecule has 63 heavy (non-hydrogen) atoms. The van der Waals surface area contributed by atoms with Gasteiger partial charge in [0.25, 0.3) is 0 Å². The number of nitrogens with zero attached hydrogens (tertiary/aromatic N) is 4. The highest BCUT2D eigenvalue weighted by Gasteiger charge is 2.22. The maximum atomic E-state index is 7.04. The fourth-order valence-corrected chi connectivity index (χ4v) is 9.34. The number of hydrogen-bond acceptors (Lipinski definition) is 5. The molecule has 0 fully saturated rings. The summed E-state index contributed by atoms with van der Waals surface area (Å²) in [4.78, 5) is 14.9. The van der Waals surface area contributed by atoms with Gasteiger partial charge in [-0.25, -0.2) is 15.0 Å². The van der Waals surface area contributed by atoms with Crippen LogP contribution in [0.3, 0.4) is 0 Å². The average molecular weight is 807 g/mol. The minimum absolute atomic E-state index is 0.605. The van der Waals surface area contributed by atoms with Crippen LogP contribution in [0.5, 0.6) is 0 Å². The Labute approximate surface area is 361 Å². The Balaban J connectivity index is 0.968. The topological polar surface area (TPSA) is 69.9 Å². The van der Waals surface area contributed by atoms with E-state index in [2.05, 4.69) is 138 Å². The smallest absolute Gasteiger partial charge is 0.164 e. The molecule has 0 saturated carbocycles. The van der Waals surface area contributed by atoms with E-state index < -0.39 is 0 Å². The van der Waals surface area contributed by atoms with Crippen LogP contribution >= 0.6 is 0 Å². The van der Waals surface area contributed by atoms with Gasteiger partial charge in [-0.3, -0.25) is 0 Å². The molecule has 0 radical (unpaired) electrons. The minimum Gasteiger partial charge on any atom is -0.455 e. The van der Waals surface area contributed by atoms with Crippen LogP contribution in [0, 0.1) is 0 Å². The summed E-state index contributed by atoms with van der Waals surface area (Å²) in [6.07, 6.45) is 0. The molecule has 0 atom stereocenters. The van der Waals surface area contributed by atoms with Gasteiger partial charge < -0.3 is 13.4 Å². The minimum atomic E-state index is 0.605. The third kappa shape index (κ3) is 5.62. The lowest BCUT2D eigenvalue weighted by Crippen LogP contribution is -2.00. The molecule has 0 aliphatic rings. The van der Waals surface area contributed by atoms with Crippen molar-refractivity contribution in [2.75, 3.05) is 0 Å². The SMILES string of the molecule is c1ccc(-c2nc(-c3ccccc3)nc(-c3cccc(-c4cccc5c4oc4c(-c6ccc7c8c9oc%10ccccc%10c9ccc8n(-c8ccccc8)c7c6)cccc45)c3)n2)cc1. The summed E-state index contributed by atoms with van der Waals surface area (Å²) in [6.45, 7) is 0. The van der Waals surface area contributed by atoms with Crippen LogP contribution in [0.1, 0.15) is 0 Å². The summed E-state index contributed by atoms with van der Waals surface area (Å²) < 4.78 is 16.0. The third-order valence-electron chi connectivity index (χ3n) is 12.3. The molecule has 0 aliphatic heterocycles. The summed E-state index contributed by atoms with van der Waals surface area (Å²) in [5.41, 5.74) is 13.6. The van der Waals surface area contributed by atoms with Crippen molar-refractivity contribution in [2.24, 2.45) is 0 Å². The van der Waals surface area contributed by atoms with Gasteiger partial charge in [0.05, 0.1) is 16.4 Å². The molecule has 0 bridgehead atoms. The summed E-state index contributed by atoms with van der Waals surface area (Å²) >= 11 is 0. The molecule has 13 aromatic rings. The first-order valence-corrected chi connectivity index (χ1v) is 21.1. The molecule has 0 aliphatic carbocycles. The van der Waals surface area contributed by atoms with E-state index in [4.69, 9.17) is 23.8 Å². The van der Waals surface area contributed by atoms with E-state index in [0.717, 1.165) is 110 Å². The molecule has 294 valence electrons. The van der Waals surface area contributed by atoms with E-state index in [1.807, 2.05) is 72.8 Å². The highest BCUT2D eigenvalue weighted by Crippen LogP contribution is 2.44. The first-order chi connectivity index (χ1) is 31.2. The highest BCUT2D eigenvalue weighted by molar-refractivity contribution is 6.24. The molecule has 0 unspecified atom stereocenters. The van der Waals surface area contributed by atoms with Crippen molar-refractivity contribution in [3.05, 3.63) is 206 Å². The summed E-state index contributed by atoms with van der Waals surface area (Å²) in [6, 6.07) is 71.4. The molecule has 6 heteroatoms. The zero-order valence-electron chi connectivity index (χ0n) is 33.7. The fourth-order valence-electron chi connectivity index (χ4n) is 9.34. The van der Waals surface area contributed by atoms with Crippen molar-refractivity contribution in [3.63, 3.8) is 0 Å². The number of fused-ring (bicyclic) bond motifs is 10. The molecule has 0 N–H and O–H groups in total. The summed E-state index contributed by atoms with van der Waals surface area (Å²) in [7, 11) is 0. The van der Waals surface area contributed by atoms with Crippen molar-refractivity contribution in [3.8, 4) is 62.1 Å². The number of benzene rings is 9. The Kier molecular flexibility index (Phi) is 7.80. The van der Waals surface area contributed by atoms with Crippen LogP contribution in [-0.4, -0.2) is 19.5 Å². The lowest BCUT2D eigenvalue weighted by Gasteiger charge is -2.10. The van der Waals surface area contributed by atoms with Gasteiger partial charge in [-0.1, -0.05) is 164 Å². The van der Waals surface area contributed by atoms with Crippen molar-refractivity contribution < 1.29 is 8.83 Å². The maximum absolute atomic E-state index is 7.04.